The van der Waals surface area contributed by atoms with Gasteiger partial charge >= 0.3 is 0 Å². The van der Waals surface area contributed by atoms with E-state index in [1.54, 1.807) is 0 Å². The minimum Gasteiger partial charge on any atom is -0.397 e. The third-order valence-corrected chi connectivity index (χ3v) is 4.63. The topological polar surface area (TPSA) is 29.3 Å². The van der Waals surface area contributed by atoms with Crippen molar-refractivity contribution in [3.63, 3.8) is 0 Å². The van der Waals surface area contributed by atoms with Crippen LogP contribution in [0, 0.1) is 17.0 Å². The summed E-state index contributed by atoms with van der Waals surface area (Å²) in [4.78, 5) is 1.90. The molecule has 2 nitrogen and oxygen atoms in total. The van der Waals surface area contributed by atoms with E-state index in [9.17, 15) is 8.78 Å². The van der Waals surface area contributed by atoms with Crippen LogP contribution in [0.2, 0.25) is 0 Å². The van der Waals surface area contributed by atoms with Crippen molar-refractivity contribution in [1.29, 1.82) is 0 Å². The van der Waals surface area contributed by atoms with Crippen LogP contribution in [0.5, 0.6) is 0 Å². The zero-order chi connectivity index (χ0) is 13.5. The second-order valence-electron chi connectivity index (χ2n) is 6.07. The van der Waals surface area contributed by atoms with Crippen LogP contribution >= 0.6 is 0 Å². The van der Waals surface area contributed by atoms with E-state index in [4.69, 9.17) is 5.73 Å². The first-order chi connectivity index (χ1) is 9.11. The van der Waals surface area contributed by atoms with Gasteiger partial charge in [-0.1, -0.05) is 25.7 Å². The smallest absolute Gasteiger partial charge is 0.184 e. The molecule has 1 aliphatic carbocycles. The Morgan fingerprint density at radius 1 is 1.00 bits per heavy atom. The molecule has 1 aromatic rings. The van der Waals surface area contributed by atoms with Crippen LogP contribution in [0.25, 0.3) is 0 Å². The summed E-state index contributed by atoms with van der Waals surface area (Å²) in [5.41, 5.74) is 6.72. The third-order valence-electron chi connectivity index (χ3n) is 4.63. The first-order valence-electron chi connectivity index (χ1n) is 7.10. The lowest BCUT2D eigenvalue weighted by molar-refractivity contribution is 0.179. The van der Waals surface area contributed by atoms with E-state index in [0.717, 1.165) is 19.2 Å². The predicted molar refractivity (Wildman–Crippen MR) is 73.1 cm³/mol. The molecular formula is C15H20F2N2. The van der Waals surface area contributed by atoms with Gasteiger partial charge in [-0.25, -0.2) is 8.78 Å². The van der Waals surface area contributed by atoms with Gasteiger partial charge in [0.1, 0.15) is 0 Å². The highest BCUT2D eigenvalue weighted by atomic mass is 19.2. The van der Waals surface area contributed by atoms with Crippen LogP contribution < -0.4 is 10.6 Å². The van der Waals surface area contributed by atoms with Crippen molar-refractivity contribution in [2.75, 3.05) is 23.7 Å². The van der Waals surface area contributed by atoms with Crippen LogP contribution in [0.4, 0.5) is 20.2 Å². The lowest BCUT2D eigenvalue weighted by Gasteiger charge is -2.52. The van der Waals surface area contributed by atoms with E-state index < -0.39 is 11.6 Å². The molecule has 1 spiro atoms. The Bertz CT molecular complexity index is 471. The van der Waals surface area contributed by atoms with Gasteiger partial charge in [-0.3, -0.25) is 0 Å². The fraction of sp³-hybridized carbons (Fsp3) is 0.600. The van der Waals surface area contributed by atoms with E-state index >= 15 is 0 Å². The summed E-state index contributed by atoms with van der Waals surface area (Å²) in [7, 11) is 0. The van der Waals surface area contributed by atoms with Crippen LogP contribution in [0.3, 0.4) is 0 Å². The zero-order valence-electron chi connectivity index (χ0n) is 11.1. The van der Waals surface area contributed by atoms with Gasteiger partial charge in [0, 0.05) is 18.5 Å². The van der Waals surface area contributed by atoms with Gasteiger partial charge in [-0.15, -0.1) is 0 Å². The summed E-state index contributed by atoms with van der Waals surface area (Å²) in [6.07, 6.45) is 7.54. The van der Waals surface area contributed by atoms with Crippen molar-refractivity contribution in [2.45, 2.75) is 38.5 Å². The fourth-order valence-corrected chi connectivity index (χ4v) is 3.59. The number of nitrogen functional groups attached to an aromatic ring is 1. The second kappa shape index (κ2) is 4.66. The number of benzene rings is 1. The molecule has 1 heterocycles. The van der Waals surface area contributed by atoms with Gasteiger partial charge in [0.05, 0.1) is 11.4 Å². The van der Waals surface area contributed by atoms with Crippen LogP contribution in [-0.4, -0.2) is 13.1 Å². The maximum atomic E-state index is 13.9. The number of halogens is 2. The molecule has 2 aliphatic rings. The summed E-state index contributed by atoms with van der Waals surface area (Å²) in [5, 5.41) is 0. The molecule has 0 atom stereocenters. The first-order valence-corrected chi connectivity index (χ1v) is 7.10. The lowest BCUT2D eigenvalue weighted by Crippen LogP contribution is -2.56. The average molecular weight is 266 g/mol. The number of nitrogens with zero attached hydrogens (tertiary/aromatic N) is 1. The largest absolute Gasteiger partial charge is 0.397 e. The van der Waals surface area contributed by atoms with Gasteiger partial charge in [-0.05, 0) is 25.0 Å². The summed E-state index contributed by atoms with van der Waals surface area (Å²) in [6.45, 7) is 1.63. The molecule has 1 aliphatic heterocycles. The third kappa shape index (κ3) is 2.17. The first kappa shape index (κ1) is 12.7. The molecule has 0 radical (unpaired) electrons. The number of nitrogens with two attached hydrogens (primary N) is 1. The zero-order valence-corrected chi connectivity index (χ0v) is 11.1. The normalized spacial score (nSPS) is 22.1. The van der Waals surface area contributed by atoms with Gasteiger partial charge in [0.15, 0.2) is 11.6 Å². The molecule has 4 heteroatoms. The molecule has 1 aromatic carbocycles. The van der Waals surface area contributed by atoms with Crippen LogP contribution in [0.1, 0.15) is 38.5 Å². The minimum atomic E-state index is -0.814. The number of hydrogen-bond donors (Lipinski definition) is 1. The van der Waals surface area contributed by atoms with Crippen molar-refractivity contribution < 1.29 is 8.78 Å². The molecule has 1 saturated heterocycles. The van der Waals surface area contributed by atoms with E-state index in [0.29, 0.717) is 11.1 Å². The molecule has 3 rings (SSSR count). The average Bonchev–Trinajstić information content (AvgIpc) is 2.59. The summed E-state index contributed by atoms with van der Waals surface area (Å²) < 4.78 is 27.2. The monoisotopic (exact) mass is 266 g/mol. The van der Waals surface area contributed by atoms with E-state index in [2.05, 4.69) is 0 Å². The molecule has 0 bridgehead atoms. The fourth-order valence-electron chi connectivity index (χ4n) is 3.59. The molecule has 0 amide bonds. The van der Waals surface area contributed by atoms with Crippen molar-refractivity contribution in [2.24, 2.45) is 5.41 Å². The summed E-state index contributed by atoms with van der Waals surface area (Å²) in [6, 6.07) is 2.54. The molecule has 0 unspecified atom stereocenters. The van der Waals surface area contributed by atoms with Crippen molar-refractivity contribution in [3.8, 4) is 0 Å². The second-order valence-corrected chi connectivity index (χ2v) is 6.07. The molecule has 0 aromatic heterocycles. The van der Waals surface area contributed by atoms with Crippen molar-refractivity contribution in [3.05, 3.63) is 23.8 Å². The standard InChI is InChI=1S/C15H20F2N2/c16-11-5-6-12(18)14(13(11)17)19-9-15(10-19)7-3-1-2-4-8-15/h5-6H,1-4,7-10,18H2. The molecule has 2 fully saturated rings. The summed E-state index contributed by atoms with van der Waals surface area (Å²) >= 11 is 0. The molecule has 1 saturated carbocycles. The Balaban J connectivity index is 1.78. The lowest BCUT2D eigenvalue weighted by atomic mass is 9.73. The SMILES string of the molecule is Nc1ccc(F)c(F)c1N1CC2(CCCCCC2)C1. The number of hydrogen-bond acceptors (Lipinski definition) is 2. The highest BCUT2D eigenvalue weighted by Crippen LogP contribution is 2.46. The van der Waals surface area contributed by atoms with E-state index in [1.807, 2.05) is 4.90 Å². The van der Waals surface area contributed by atoms with Crippen molar-refractivity contribution >= 4 is 11.4 Å². The maximum absolute atomic E-state index is 13.9. The Kier molecular flexibility index (Phi) is 3.11. The molecule has 2 N–H and O–H groups in total. The predicted octanol–water partition coefficient (Wildman–Crippen LogP) is 3.71. The summed E-state index contributed by atoms with van der Waals surface area (Å²) in [5.74, 6) is -1.62. The Labute approximate surface area is 112 Å². The number of anilines is 2. The highest BCUT2D eigenvalue weighted by Gasteiger charge is 2.44. The van der Waals surface area contributed by atoms with E-state index in [-0.39, 0.29) is 5.69 Å². The van der Waals surface area contributed by atoms with Gasteiger partial charge in [-0.2, -0.15) is 0 Å². The Morgan fingerprint density at radius 3 is 2.26 bits per heavy atom. The maximum Gasteiger partial charge on any atom is 0.184 e. The van der Waals surface area contributed by atoms with Gasteiger partial charge < -0.3 is 10.6 Å². The van der Waals surface area contributed by atoms with Gasteiger partial charge in [0.2, 0.25) is 0 Å². The molecule has 19 heavy (non-hydrogen) atoms. The Hall–Kier alpha value is -1.32. The Morgan fingerprint density at radius 2 is 1.63 bits per heavy atom. The molecule has 104 valence electrons. The van der Waals surface area contributed by atoms with Crippen LogP contribution in [-0.2, 0) is 0 Å². The van der Waals surface area contributed by atoms with E-state index in [1.165, 1.54) is 44.6 Å². The van der Waals surface area contributed by atoms with Gasteiger partial charge in [0.25, 0.3) is 0 Å². The minimum absolute atomic E-state index is 0.259. The molecular weight excluding hydrogens is 246 g/mol. The number of rotatable bonds is 1. The highest BCUT2D eigenvalue weighted by molar-refractivity contribution is 5.69. The van der Waals surface area contributed by atoms with Crippen molar-refractivity contribution in [1.82, 2.24) is 0 Å². The van der Waals surface area contributed by atoms with Crippen LogP contribution in [0.15, 0.2) is 12.1 Å². The quantitative estimate of drug-likeness (QED) is 0.785.